The lowest BCUT2D eigenvalue weighted by molar-refractivity contribution is -0.141. The van der Waals surface area contributed by atoms with Crippen LogP contribution in [0.15, 0.2) is 66.0 Å². The van der Waals surface area contributed by atoms with E-state index in [0.717, 1.165) is 36.1 Å². The first-order chi connectivity index (χ1) is 17.6. The fraction of sp³-hybridized carbons (Fsp3) is 0.379. The molecule has 0 spiro atoms. The van der Waals surface area contributed by atoms with Gasteiger partial charge < -0.3 is 19.7 Å². The number of hydrogen-bond acceptors (Lipinski definition) is 5. The molecule has 6 nitrogen and oxygen atoms in total. The van der Waals surface area contributed by atoms with Crippen LogP contribution in [0, 0.1) is 0 Å². The van der Waals surface area contributed by atoms with E-state index in [2.05, 4.69) is 5.32 Å². The molecule has 1 aliphatic carbocycles. The highest BCUT2D eigenvalue weighted by molar-refractivity contribution is 7.10. The first-order valence-electron chi connectivity index (χ1n) is 12.5. The predicted octanol–water partition coefficient (Wildman–Crippen LogP) is 5.53. The summed E-state index contributed by atoms with van der Waals surface area (Å²) < 4.78 is 11.3. The number of rotatable bonds is 10. The SMILES string of the molecule is COc1cccc([C@H](C(=O)NC2CCCCC2)N(Cc2ccccc2)C(=O)Cc2cccs2)c1OC. The summed E-state index contributed by atoms with van der Waals surface area (Å²) >= 11 is 1.54. The molecule has 0 radical (unpaired) electrons. The molecular formula is C29H34N2O4S. The molecule has 3 aromatic rings. The number of carbonyl (C=O) groups is 2. The average Bonchev–Trinajstić information content (AvgIpc) is 3.42. The number of nitrogens with zero attached hydrogens (tertiary/aromatic N) is 1. The molecule has 1 aliphatic rings. The molecule has 1 atom stereocenters. The van der Waals surface area contributed by atoms with Gasteiger partial charge in [0.2, 0.25) is 11.8 Å². The molecule has 0 bridgehead atoms. The number of para-hydroxylation sites is 1. The molecule has 190 valence electrons. The topological polar surface area (TPSA) is 67.9 Å². The normalized spacial score (nSPS) is 14.6. The third-order valence-corrected chi connectivity index (χ3v) is 7.54. The number of amides is 2. The van der Waals surface area contributed by atoms with Crippen molar-refractivity contribution in [2.45, 2.75) is 57.2 Å². The van der Waals surface area contributed by atoms with E-state index in [1.165, 1.54) is 6.42 Å². The molecule has 7 heteroatoms. The summed E-state index contributed by atoms with van der Waals surface area (Å²) in [6, 6.07) is 18.4. The highest BCUT2D eigenvalue weighted by Gasteiger charge is 2.35. The van der Waals surface area contributed by atoms with E-state index in [0.29, 0.717) is 23.6 Å². The Morgan fingerprint density at radius 2 is 1.75 bits per heavy atom. The van der Waals surface area contributed by atoms with Gasteiger partial charge in [0, 0.05) is 23.0 Å². The molecular weight excluding hydrogens is 472 g/mol. The van der Waals surface area contributed by atoms with Crippen LogP contribution < -0.4 is 14.8 Å². The zero-order valence-electron chi connectivity index (χ0n) is 20.9. The van der Waals surface area contributed by atoms with Gasteiger partial charge in [0.05, 0.1) is 20.6 Å². The van der Waals surface area contributed by atoms with Gasteiger partial charge in [-0.15, -0.1) is 11.3 Å². The molecule has 1 N–H and O–H groups in total. The number of benzene rings is 2. The summed E-state index contributed by atoms with van der Waals surface area (Å²) in [7, 11) is 3.13. The van der Waals surface area contributed by atoms with Gasteiger partial charge in [-0.25, -0.2) is 0 Å². The molecule has 1 fully saturated rings. The summed E-state index contributed by atoms with van der Waals surface area (Å²) in [5, 5.41) is 5.22. The summed E-state index contributed by atoms with van der Waals surface area (Å²) in [5.74, 6) is 0.681. The Labute approximate surface area is 217 Å². The van der Waals surface area contributed by atoms with Crippen molar-refractivity contribution in [1.82, 2.24) is 10.2 Å². The number of nitrogens with one attached hydrogen (secondary N) is 1. The van der Waals surface area contributed by atoms with E-state index in [-0.39, 0.29) is 24.3 Å². The zero-order chi connectivity index (χ0) is 25.3. The Morgan fingerprint density at radius 1 is 0.972 bits per heavy atom. The third kappa shape index (κ3) is 6.26. The van der Waals surface area contributed by atoms with Crippen molar-refractivity contribution in [3.63, 3.8) is 0 Å². The first-order valence-corrected chi connectivity index (χ1v) is 13.4. The summed E-state index contributed by atoms with van der Waals surface area (Å²) in [4.78, 5) is 30.5. The molecule has 36 heavy (non-hydrogen) atoms. The second kappa shape index (κ2) is 12.6. The van der Waals surface area contributed by atoms with E-state index in [9.17, 15) is 9.59 Å². The minimum atomic E-state index is -0.871. The molecule has 1 aromatic heterocycles. The quantitative estimate of drug-likeness (QED) is 0.393. The van der Waals surface area contributed by atoms with Crippen LogP contribution in [-0.4, -0.2) is 37.0 Å². The largest absolute Gasteiger partial charge is 0.493 e. The highest BCUT2D eigenvalue weighted by atomic mass is 32.1. The van der Waals surface area contributed by atoms with Crippen molar-refractivity contribution in [3.8, 4) is 11.5 Å². The van der Waals surface area contributed by atoms with Crippen LogP contribution in [0.1, 0.15) is 54.1 Å². The van der Waals surface area contributed by atoms with Crippen molar-refractivity contribution in [3.05, 3.63) is 82.0 Å². The lowest BCUT2D eigenvalue weighted by atomic mass is 9.94. The molecule has 1 saturated carbocycles. The highest BCUT2D eigenvalue weighted by Crippen LogP contribution is 2.38. The maximum atomic E-state index is 14.0. The van der Waals surface area contributed by atoms with E-state index >= 15 is 0 Å². The summed E-state index contributed by atoms with van der Waals surface area (Å²) in [6.07, 6.45) is 5.53. The van der Waals surface area contributed by atoms with Gasteiger partial charge >= 0.3 is 0 Å². The van der Waals surface area contributed by atoms with Gasteiger partial charge in [0.25, 0.3) is 0 Å². The van der Waals surface area contributed by atoms with Crippen LogP contribution in [0.4, 0.5) is 0 Å². The van der Waals surface area contributed by atoms with Gasteiger partial charge in [-0.2, -0.15) is 0 Å². The maximum Gasteiger partial charge on any atom is 0.247 e. The van der Waals surface area contributed by atoms with Crippen LogP contribution in [0.3, 0.4) is 0 Å². The lowest BCUT2D eigenvalue weighted by Gasteiger charge is -2.34. The lowest BCUT2D eigenvalue weighted by Crippen LogP contribution is -2.47. The predicted molar refractivity (Wildman–Crippen MR) is 142 cm³/mol. The van der Waals surface area contributed by atoms with E-state index < -0.39 is 6.04 Å². The average molecular weight is 507 g/mol. The van der Waals surface area contributed by atoms with Crippen LogP contribution in [0.25, 0.3) is 0 Å². The van der Waals surface area contributed by atoms with Gasteiger partial charge in [-0.1, -0.05) is 67.8 Å². The Bertz CT molecular complexity index is 1130. The van der Waals surface area contributed by atoms with Crippen molar-refractivity contribution >= 4 is 23.2 Å². The van der Waals surface area contributed by atoms with Crippen molar-refractivity contribution in [1.29, 1.82) is 0 Å². The van der Waals surface area contributed by atoms with Crippen LogP contribution >= 0.6 is 11.3 Å². The van der Waals surface area contributed by atoms with Crippen LogP contribution in [0.2, 0.25) is 0 Å². The maximum absolute atomic E-state index is 14.0. The Kier molecular flexibility index (Phi) is 9.01. The van der Waals surface area contributed by atoms with Crippen molar-refractivity contribution in [2.24, 2.45) is 0 Å². The van der Waals surface area contributed by atoms with Gasteiger partial charge in [-0.05, 0) is 35.9 Å². The van der Waals surface area contributed by atoms with Gasteiger partial charge in [-0.3, -0.25) is 9.59 Å². The van der Waals surface area contributed by atoms with Crippen LogP contribution in [-0.2, 0) is 22.6 Å². The minimum Gasteiger partial charge on any atom is -0.493 e. The molecule has 0 saturated heterocycles. The Morgan fingerprint density at radius 3 is 2.42 bits per heavy atom. The fourth-order valence-electron chi connectivity index (χ4n) is 4.87. The molecule has 0 aliphatic heterocycles. The fourth-order valence-corrected chi connectivity index (χ4v) is 5.57. The van der Waals surface area contributed by atoms with Crippen LogP contribution in [0.5, 0.6) is 11.5 Å². The number of methoxy groups -OCH3 is 2. The summed E-state index contributed by atoms with van der Waals surface area (Å²) in [5.41, 5.74) is 1.56. The van der Waals surface area contributed by atoms with E-state index in [1.807, 2.05) is 60.0 Å². The number of ether oxygens (including phenoxy) is 2. The van der Waals surface area contributed by atoms with E-state index in [1.54, 1.807) is 36.5 Å². The monoisotopic (exact) mass is 506 g/mol. The second-order valence-electron chi connectivity index (χ2n) is 9.09. The number of thiophene rings is 1. The molecule has 2 amide bonds. The number of carbonyl (C=O) groups excluding carboxylic acids is 2. The zero-order valence-corrected chi connectivity index (χ0v) is 21.8. The van der Waals surface area contributed by atoms with Gasteiger partial charge in [0.15, 0.2) is 11.5 Å². The smallest absolute Gasteiger partial charge is 0.247 e. The van der Waals surface area contributed by atoms with Gasteiger partial charge in [0.1, 0.15) is 6.04 Å². The molecule has 4 rings (SSSR count). The molecule has 0 unspecified atom stereocenters. The van der Waals surface area contributed by atoms with Crippen molar-refractivity contribution < 1.29 is 19.1 Å². The van der Waals surface area contributed by atoms with E-state index in [4.69, 9.17) is 9.47 Å². The Balaban J connectivity index is 1.77. The minimum absolute atomic E-state index is 0.108. The Hall–Kier alpha value is -3.32. The standard InChI is InChI=1S/C29H34N2O4S/c1-34-25-17-9-16-24(28(25)35-2)27(29(33)30-22-13-7-4-8-14-22)31(20-21-11-5-3-6-12-21)26(32)19-23-15-10-18-36-23/h3,5-6,9-12,15-18,22,27H,4,7-8,13-14,19-20H2,1-2H3,(H,30,33)/t27-/m1/s1. The number of hydrogen-bond donors (Lipinski definition) is 1. The summed E-state index contributed by atoms with van der Waals surface area (Å²) in [6.45, 7) is 0.300. The second-order valence-corrected chi connectivity index (χ2v) is 10.1. The van der Waals surface area contributed by atoms with Crippen molar-refractivity contribution in [2.75, 3.05) is 14.2 Å². The third-order valence-electron chi connectivity index (χ3n) is 6.66. The first kappa shape index (κ1) is 25.8. The molecule has 1 heterocycles. The molecule has 2 aromatic carbocycles.